The van der Waals surface area contributed by atoms with Gasteiger partial charge in [0.15, 0.2) is 6.29 Å². The van der Waals surface area contributed by atoms with Crippen LogP contribution in [0.5, 0.6) is 0 Å². The highest BCUT2D eigenvalue weighted by atomic mass is 35.5. The van der Waals surface area contributed by atoms with Gasteiger partial charge in [-0.3, -0.25) is 4.79 Å². The Balaban J connectivity index is 2.26. The zero-order valence-electron chi connectivity index (χ0n) is 11.0. The Hall–Kier alpha value is -1.75. The molecule has 1 fully saturated rings. The van der Waals surface area contributed by atoms with E-state index in [0.717, 1.165) is 0 Å². The molecular weight excluding hydrogens is 295 g/mol. The van der Waals surface area contributed by atoms with Crippen molar-refractivity contribution in [1.29, 1.82) is 0 Å². The van der Waals surface area contributed by atoms with Crippen LogP contribution in [0.25, 0.3) is 0 Å². The van der Waals surface area contributed by atoms with Crippen molar-refractivity contribution >= 4 is 17.9 Å². The van der Waals surface area contributed by atoms with Crippen molar-refractivity contribution in [3.8, 4) is 0 Å². The van der Waals surface area contributed by atoms with Crippen LogP contribution in [-0.4, -0.2) is 19.5 Å². The van der Waals surface area contributed by atoms with E-state index in [0.29, 0.717) is 35.6 Å². The third-order valence-corrected chi connectivity index (χ3v) is 3.65. The summed E-state index contributed by atoms with van der Waals surface area (Å²) in [5.74, 6) is -1.90. The monoisotopic (exact) mass is 306 g/mol. The van der Waals surface area contributed by atoms with E-state index in [9.17, 15) is 9.18 Å². The van der Waals surface area contributed by atoms with Crippen LogP contribution in [0.1, 0.15) is 21.5 Å². The van der Waals surface area contributed by atoms with Crippen LogP contribution >= 0.6 is 11.6 Å². The second-order valence-electron chi connectivity index (χ2n) is 4.64. The summed E-state index contributed by atoms with van der Waals surface area (Å²) < 4.78 is 25.6. The van der Waals surface area contributed by atoms with E-state index in [1.807, 2.05) is 0 Å². The van der Waals surface area contributed by atoms with E-state index in [-0.39, 0.29) is 5.56 Å². The molecule has 0 unspecified atom stereocenters. The topological polar surface area (TPSA) is 35.5 Å². The van der Waals surface area contributed by atoms with Crippen LogP contribution in [0.2, 0.25) is 5.02 Å². The number of benzene rings is 2. The highest BCUT2D eigenvalue weighted by Gasteiger charge is 2.44. The summed E-state index contributed by atoms with van der Waals surface area (Å²) in [6.07, 6.45) is 0.680. The van der Waals surface area contributed by atoms with Gasteiger partial charge in [0.1, 0.15) is 5.82 Å². The minimum atomic E-state index is -1.44. The van der Waals surface area contributed by atoms with Crippen molar-refractivity contribution < 1.29 is 18.7 Å². The predicted octanol–water partition coefficient (Wildman–Crippen LogP) is 3.54. The predicted molar refractivity (Wildman–Crippen MR) is 75.9 cm³/mol. The van der Waals surface area contributed by atoms with Crippen molar-refractivity contribution in [1.82, 2.24) is 0 Å². The van der Waals surface area contributed by atoms with Crippen molar-refractivity contribution in [2.45, 2.75) is 5.79 Å². The molecule has 1 saturated heterocycles. The fourth-order valence-corrected chi connectivity index (χ4v) is 2.69. The number of ether oxygens (including phenoxy) is 2. The highest BCUT2D eigenvalue weighted by molar-refractivity contribution is 6.30. The Morgan fingerprint density at radius 2 is 1.81 bits per heavy atom. The lowest BCUT2D eigenvalue weighted by molar-refractivity contribution is -0.132. The lowest BCUT2D eigenvalue weighted by Crippen LogP contribution is -2.31. The molecule has 3 rings (SSSR count). The minimum absolute atomic E-state index is 0.230. The molecule has 108 valence electrons. The quantitative estimate of drug-likeness (QED) is 0.814. The smallest absolute Gasteiger partial charge is 0.226 e. The number of hydrogen-bond acceptors (Lipinski definition) is 3. The Labute approximate surface area is 126 Å². The first-order valence-electron chi connectivity index (χ1n) is 6.45. The Morgan fingerprint density at radius 1 is 1.10 bits per heavy atom. The van der Waals surface area contributed by atoms with Gasteiger partial charge in [0, 0.05) is 16.1 Å². The average molecular weight is 307 g/mol. The summed E-state index contributed by atoms with van der Waals surface area (Å²) in [5.41, 5.74) is 0.991. The maximum atomic E-state index is 14.2. The Kier molecular flexibility index (Phi) is 3.76. The summed E-state index contributed by atoms with van der Waals surface area (Å²) in [5, 5.41) is 0.422. The van der Waals surface area contributed by atoms with Gasteiger partial charge < -0.3 is 9.47 Å². The molecule has 1 aliphatic rings. The van der Waals surface area contributed by atoms with Gasteiger partial charge in [-0.1, -0.05) is 29.8 Å². The number of aldehydes is 1. The fraction of sp³-hybridized carbons (Fsp3) is 0.188. The molecule has 1 heterocycles. The normalized spacial score (nSPS) is 16.9. The van der Waals surface area contributed by atoms with Crippen molar-refractivity contribution in [3.63, 3.8) is 0 Å². The minimum Gasteiger partial charge on any atom is -0.340 e. The van der Waals surface area contributed by atoms with Crippen LogP contribution < -0.4 is 0 Å². The van der Waals surface area contributed by atoms with E-state index in [4.69, 9.17) is 21.1 Å². The number of rotatable bonds is 3. The second-order valence-corrected chi connectivity index (χ2v) is 5.08. The molecule has 0 bridgehead atoms. The van der Waals surface area contributed by atoms with Gasteiger partial charge in [-0.15, -0.1) is 0 Å². The maximum absolute atomic E-state index is 14.2. The maximum Gasteiger partial charge on any atom is 0.226 e. The molecule has 0 atom stereocenters. The van der Waals surface area contributed by atoms with Gasteiger partial charge in [0.05, 0.1) is 18.8 Å². The molecule has 0 N–H and O–H groups in total. The molecule has 3 nitrogen and oxygen atoms in total. The third kappa shape index (κ3) is 2.35. The van der Waals surface area contributed by atoms with Crippen LogP contribution in [0.4, 0.5) is 4.39 Å². The molecule has 1 aliphatic heterocycles. The molecule has 0 amide bonds. The number of hydrogen-bond donors (Lipinski definition) is 0. The first-order valence-corrected chi connectivity index (χ1v) is 6.83. The second kappa shape index (κ2) is 5.56. The van der Waals surface area contributed by atoms with Crippen LogP contribution in [-0.2, 0) is 15.3 Å². The molecule has 2 aromatic rings. The van der Waals surface area contributed by atoms with E-state index in [1.165, 1.54) is 6.07 Å². The lowest BCUT2D eigenvalue weighted by atomic mass is 9.93. The average Bonchev–Trinajstić information content (AvgIpc) is 2.98. The van der Waals surface area contributed by atoms with E-state index in [2.05, 4.69) is 0 Å². The molecular formula is C16H12ClFO3. The molecule has 0 saturated carbocycles. The molecule has 0 aromatic heterocycles. The zero-order chi connectivity index (χ0) is 14.9. The molecule has 2 aromatic carbocycles. The highest BCUT2D eigenvalue weighted by Crippen LogP contribution is 2.41. The van der Waals surface area contributed by atoms with Gasteiger partial charge in [0.25, 0.3) is 0 Å². The van der Waals surface area contributed by atoms with Gasteiger partial charge in [0.2, 0.25) is 5.79 Å². The molecule has 0 aliphatic carbocycles. The zero-order valence-corrected chi connectivity index (χ0v) is 11.8. The Morgan fingerprint density at radius 3 is 2.48 bits per heavy atom. The number of carbonyl (C=O) groups excluding carboxylic acids is 1. The summed E-state index contributed by atoms with van der Waals surface area (Å²) in [4.78, 5) is 11.3. The SMILES string of the molecule is O=Cc1ccc(Cl)cc1C1(c2ccccc2F)OCCO1. The summed E-state index contributed by atoms with van der Waals surface area (Å²) in [6.45, 7) is 0.609. The van der Waals surface area contributed by atoms with Gasteiger partial charge >= 0.3 is 0 Å². The number of carbonyl (C=O) groups is 1. The van der Waals surface area contributed by atoms with E-state index < -0.39 is 11.6 Å². The van der Waals surface area contributed by atoms with Gasteiger partial charge in [-0.25, -0.2) is 4.39 Å². The van der Waals surface area contributed by atoms with Crippen LogP contribution in [0.15, 0.2) is 42.5 Å². The Bertz CT molecular complexity index is 681. The molecule has 0 radical (unpaired) electrons. The van der Waals surface area contributed by atoms with E-state index >= 15 is 0 Å². The van der Waals surface area contributed by atoms with Gasteiger partial charge in [-0.05, 0) is 24.3 Å². The fourth-order valence-electron chi connectivity index (χ4n) is 2.51. The lowest BCUT2D eigenvalue weighted by Gasteiger charge is -2.29. The van der Waals surface area contributed by atoms with Gasteiger partial charge in [-0.2, -0.15) is 0 Å². The molecule has 0 spiro atoms. The van der Waals surface area contributed by atoms with Crippen LogP contribution in [0, 0.1) is 5.82 Å². The third-order valence-electron chi connectivity index (χ3n) is 3.42. The summed E-state index contributed by atoms with van der Waals surface area (Å²) >= 11 is 6.02. The van der Waals surface area contributed by atoms with Crippen LogP contribution in [0.3, 0.4) is 0 Å². The largest absolute Gasteiger partial charge is 0.340 e. The first-order chi connectivity index (χ1) is 10.2. The van der Waals surface area contributed by atoms with E-state index in [1.54, 1.807) is 36.4 Å². The first kappa shape index (κ1) is 14.2. The summed E-state index contributed by atoms with van der Waals surface area (Å²) in [7, 11) is 0. The van der Waals surface area contributed by atoms with Crippen molar-refractivity contribution in [3.05, 3.63) is 70.0 Å². The standard InChI is InChI=1S/C16H12ClFO3/c17-12-6-5-11(10-19)14(9-12)16(20-7-8-21-16)13-3-1-2-4-15(13)18/h1-6,9-10H,7-8H2. The number of halogens is 2. The van der Waals surface area contributed by atoms with Crippen molar-refractivity contribution in [2.75, 3.05) is 13.2 Å². The van der Waals surface area contributed by atoms with Crippen molar-refractivity contribution in [2.24, 2.45) is 0 Å². The summed E-state index contributed by atoms with van der Waals surface area (Å²) in [6, 6.07) is 10.9. The molecule has 21 heavy (non-hydrogen) atoms. The molecule has 5 heteroatoms.